The minimum Gasteiger partial charge on any atom is -0.497 e. The van der Waals surface area contributed by atoms with Gasteiger partial charge in [-0.15, -0.1) is 24.0 Å². The Hall–Kier alpha value is -1.22. The van der Waals surface area contributed by atoms with Gasteiger partial charge in [0.1, 0.15) is 17.6 Å². The molecule has 0 bridgehead atoms. The molecule has 0 spiro atoms. The molecule has 0 amide bonds. The zero-order valence-corrected chi connectivity index (χ0v) is 17.8. The molecule has 0 saturated carbocycles. The van der Waals surface area contributed by atoms with Crippen molar-refractivity contribution in [2.24, 2.45) is 4.99 Å². The number of aliphatic imine (C=N–C) groups is 1. The molecule has 2 atom stereocenters. The van der Waals surface area contributed by atoms with E-state index < -0.39 is 0 Å². The summed E-state index contributed by atoms with van der Waals surface area (Å²) in [5, 5.41) is 6.61. The summed E-state index contributed by atoms with van der Waals surface area (Å²) in [4.78, 5) is 4.25. The lowest BCUT2D eigenvalue weighted by Crippen LogP contribution is -2.47. The molecule has 0 radical (unpaired) electrons. The number of methoxy groups -OCH3 is 1. The van der Waals surface area contributed by atoms with E-state index in [9.17, 15) is 0 Å². The van der Waals surface area contributed by atoms with Gasteiger partial charge in [0.25, 0.3) is 0 Å². The minimum atomic E-state index is -0.0944. The highest BCUT2D eigenvalue weighted by atomic mass is 127. The Kier molecular flexibility index (Phi) is 9.34. The maximum absolute atomic E-state index is 5.88. The average Bonchev–Trinajstić information content (AvgIpc) is 3.02. The Morgan fingerprint density at radius 3 is 2.52 bits per heavy atom. The molecule has 7 heteroatoms. The molecule has 25 heavy (non-hydrogen) atoms. The number of halogens is 1. The first-order valence-corrected chi connectivity index (χ1v) is 8.44. The molecule has 1 aromatic carbocycles. The molecule has 0 aliphatic carbocycles. The van der Waals surface area contributed by atoms with E-state index in [1.807, 2.05) is 31.2 Å². The molecule has 142 valence electrons. The summed E-state index contributed by atoms with van der Waals surface area (Å²) < 4.78 is 16.8. The highest BCUT2D eigenvalue weighted by Crippen LogP contribution is 2.23. The van der Waals surface area contributed by atoms with Gasteiger partial charge in [-0.25, -0.2) is 0 Å². The van der Waals surface area contributed by atoms with Crippen molar-refractivity contribution in [2.75, 3.05) is 33.9 Å². The standard InChI is InChI=1S/C18H29N3O3.HI/c1-14(24-16-8-6-15(22-4)7-9-16)12-20-17(19-3)21-13-18(2)10-5-11-23-18;/h6-9,14H,5,10-13H2,1-4H3,(H2,19,20,21);1H. The van der Waals surface area contributed by atoms with Gasteiger partial charge in [-0.2, -0.15) is 0 Å². The number of hydrogen-bond acceptors (Lipinski definition) is 4. The van der Waals surface area contributed by atoms with E-state index >= 15 is 0 Å². The zero-order chi connectivity index (χ0) is 17.4. The van der Waals surface area contributed by atoms with Crippen molar-refractivity contribution in [1.29, 1.82) is 0 Å². The van der Waals surface area contributed by atoms with Crippen LogP contribution in [0.2, 0.25) is 0 Å². The molecule has 1 fully saturated rings. The van der Waals surface area contributed by atoms with Gasteiger partial charge in [0, 0.05) is 20.2 Å². The molecule has 6 nitrogen and oxygen atoms in total. The SMILES string of the molecule is CN=C(NCC(C)Oc1ccc(OC)cc1)NCC1(C)CCCO1.I. The van der Waals surface area contributed by atoms with E-state index in [0.29, 0.717) is 6.54 Å². The van der Waals surface area contributed by atoms with E-state index in [-0.39, 0.29) is 35.7 Å². The maximum atomic E-state index is 5.88. The van der Waals surface area contributed by atoms with Crippen molar-refractivity contribution < 1.29 is 14.2 Å². The number of guanidine groups is 1. The van der Waals surface area contributed by atoms with Crippen LogP contribution in [0.4, 0.5) is 0 Å². The van der Waals surface area contributed by atoms with Gasteiger partial charge in [0.15, 0.2) is 5.96 Å². The van der Waals surface area contributed by atoms with Gasteiger partial charge < -0.3 is 24.8 Å². The number of rotatable bonds is 7. The molecule has 1 saturated heterocycles. The lowest BCUT2D eigenvalue weighted by molar-refractivity contribution is 0.0242. The minimum absolute atomic E-state index is 0. The molecule has 2 rings (SSSR count). The molecule has 2 N–H and O–H groups in total. The molecule has 1 aliphatic rings. The van der Waals surface area contributed by atoms with E-state index in [0.717, 1.165) is 43.5 Å². The van der Waals surface area contributed by atoms with Crippen LogP contribution in [0.5, 0.6) is 11.5 Å². The van der Waals surface area contributed by atoms with Crippen LogP contribution in [-0.2, 0) is 4.74 Å². The summed E-state index contributed by atoms with van der Waals surface area (Å²) in [6.45, 7) is 6.40. The van der Waals surface area contributed by atoms with Crippen LogP contribution in [0.25, 0.3) is 0 Å². The highest BCUT2D eigenvalue weighted by Gasteiger charge is 2.29. The van der Waals surface area contributed by atoms with Crippen molar-refractivity contribution in [2.45, 2.75) is 38.4 Å². The lowest BCUT2D eigenvalue weighted by Gasteiger charge is -2.25. The second-order valence-corrected chi connectivity index (χ2v) is 6.31. The summed E-state index contributed by atoms with van der Waals surface area (Å²) in [6, 6.07) is 7.58. The number of hydrogen-bond donors (Lipinski definition) is 2. The van der Waals surface area contributed by atoms with Gasteiger partial charge in [0.2, 0.25) is 0 Å². The van der Waals surface area contributed by atoms with Crippen LogP contribution in [0, 0.1) is 0 Å². The Morgan fingerprint density at radius 1 is 1.28 bits per heavy atom. The summed E-state index contributed by atoms with van der Waals surface area (Å²) >= 11 is 0. The fraction of sp³-hybridized carbons (Fsp3) is 0.611. The first-order chi connectivity index (χ1) is 11.5. The predicted molar refractivity (Wildman–Crippen MR) is 111 cm³/mol. The molecule has 1 aliphatic heterocycles. The van der Waals surface area contributed by atoms with Gasteiger partial charge in [-0.1, -0.05) is 0 Å². The normalized spacial score (nSPS) is 21.2. The fourth-order valence-electron chi connectivity index (χ4n) is 2.64. The van der Waals surface area contributed by atoms with Gasteiger partial charge in [-0.05, 0) is 51.0 Å². The maximum Gasteiger partial charge on any atom is 0.191 e. The first-order valence-electron chi connectivity index (χ1n) is 8.44. The van der Waals surface area contributed by atoms with Crippen LogP contribution in [0.3, 0.4) is 0 Å². The molecule has 1 aromatic rings. The van der Waals surface area contributed by atoms with E-state index in [1.54, 1.807) is 14.2 Å². The van der Waals surface area contributed by atoms with E-state index in [1.165, 1.54) is 0 Å². The summed E-state index contributed by atoms with van der Waals surface area (Å²) in [7, 11) is 3.42. The molecular formula is C18H30IN3O3. The van der Waals surface area contributed by atoms with E-state index in [4.69, 9.17) is 14.2 Å². The molecule has 1 heterocycles. The van der Waals surface area contributed by atoms with Gasteiger partial charge in [-0.3, -0.25) is 4.99 Å². The molecular weight excluding hydrogens is 433 g/mol. The van der Waals surface area contributed by atoms with Crippen LogP contribution in [-0.4, -0.2) is 51.5 Å². The third kappa shape index (κ3) is 7.27. The second kappa shape index (κ2) is 10.7. The number of nitrogens with zero attached hydrogens (tertiary/aromatic N) is 1. The summed E-state index contributed by atoms with van der Waals surface area (Å²) in [5.74, 6) is 2.40. The topological polar surface area (TPSA) is 64.1 Å². The summed E-state index contributed by atoms with van der Waals surface area (Å²) in [5.41, 5.74) is -0.0944. The molecule has 2 unspecified atom stereocenters. The van der Waals surface area contributed by atoms with Gasteiger partial charge in [0.05, 0.1) is 19.3 Å². The van der Waals surface area contributed by atoms with Crippen LogP contribution >= 0.6 is 24.0 Å². The Bertz CT molecular complexity index is 531. The largest absolute Gasteiger partial charge is 0.497 e. The predicted octanol–water partition coefficient (Wildman–Crippen LogP) is 2.81. The number of ether oxygens (including phenoxy) is 3. The summed E-state index contributed by atoms with van der Waals surface area (Å²) in [6.07, 6.45) is 2.21. The first kappa shape index (κ1) is 21.8. The average molecular weight is 463 g/mol. The number of benzene rings is 1. The third-order valence-electron chi connectivity index (χ3n) is 4.11. The molecule has 0 aromatic heterocycles. The smallest absolute Gasteiger partial charge is 0.191 e. The Morgan fingerprint density at radius 2 is 1.96 bits per heavy atom. The van der Waals surface area contributed by atoms with Gasteiger partial charge >= 0.3 is 0 Å². The highest BCUT2D eigenvalue weighted by molar-refractivity contribution is 14.0. The van der Waals surface area contributed by atoms with Crippen LogP contribution in [0.15, 0.2) is 29.3 Å². The second-order valence-electron chi connectivity index (χ2n) is 6.31. The third-order valence-corrected chi connectivity index (χ3v) is 4.11. The van der Waals surface area contributed by atoms with Crippen molar-refractivity contribution in [3.8, 4) is 11.5 Å². The quantitative estimate of drug-likeness (QED) is 0.370. The Balaban J connectivity index is 0.00000312. The van der Waals surface area contributed by atoms with Crippen LogP contribution in [0.1, 0.15) is 26.7 Å². The van der Waals surface area contributed by atoms with Crippen molar-refractivity contribution in [3.05, 3.63) is 24.3 Å². The van der Waals surface area contributed by atoms with Crippen molar-refractivity contribution >= 4 is 29.9 Å². The number of nitrogens with one attached hydrogen (secondary N) is 2. The Labute approximate surface area is 167 Å². The zero-order valence-electron chi connectivity index (χ0n) is 15.5. The lowest BCUT2D eigenvalue weighted by atomic mass is 10.0. The monoisotopic (exact) mass is 463 g/mol. The van der Waals surface area contributed by atoms with Crippen LogP contribution < -0.4 is 20.1 Å². The van der Waals surface area contributed by atoms with Crippen molar-refractivity contribution in [1.82, 2.24) is 10.6 Å². The van der Waals surface area contributed by atoms with E-state index in [2.05, 4.69) is 22.5 Å². The fourth-order valence-corrected chi connectivity index (χ4v) is 2.64. The van der Waals surface area contributed by atoms with Crippen molar-refractivity contribution in [3.63, 3.8) is 0 Å².